The number of ether oxygens (including phenoxy) is 1. The van der Waals surface area contributed by atoms with E-state index in [2.05, 4.69) is 12.8 Å². The lowest BCUT2D eigenvalue weighted by atomic mass is 9.91. The van der Waals surface area contributed by atoms with E-state index in [0.717, 1.165) is 24.8 Å². The standard InChI is InChI=1S/C14H20BF2NO/c15-18-5-3-11(4-6-18)2-1-7-19-14-9-12(16)8-13(17)10-14/h8-11H,1-7,15H2. The van der Waals surface area contributed by atoms with Crippen molar-refractivity contribution in [2.45, 2.75) is 25.7 Å². The second kappa shape index (κ2) is 6.89. The van der Waals surface area contributed by atoms with Crippen molar-refractivity contribution in [3.05, 3.63) is 29.8 Å². The van der Waals surface area contributed by atoms with Crippen LogP contribution in [0.3, 0.4) is 0 Å². The van der Waals surface area contributed by atoms with Crippen LogP contribution in [0.4, 0.5) is 8.78 Å². The van der Waals surface area contributed by atoms with E-state index in [9.17, 15) is 8.78 Å². The van der Waals surface area contributed by atoms with E-state index in [-0.39, 0.29) is 5.75 Å². The van der Waals surface area contributed by atoms with E-state index in [1.54, 1.807) is 0 Å². The molecule has 1 heterocycles. The van der Waals surface area contributed by atoms with Crippen LogP contribution < -0.4 is 4.74 Å². The average molecular weight is 267 g/mol. The highest BCUT2D eigenvalue weighted by Gasteiger charge is 2.15. The molecule has 1 aliphatic heterocycles. The normalized spacial score (nSPS) is 17.6. The summed E-state index contributed by atoms with van der Waals surface area (Å²) in [6.07, 6.45) is 4.55. The molecule has 0 amide bonds. The molecule has 19 heavy (non-hydrogen) atoms. The van der Waals surface area contributed by atoms with Crippen LogP contribution in [0.25, 0.3) is 0 Å². The molecular formula is C14H20BF2NO. The fraction of sp³-hybridized carbons (Fsp3) is 0.571. The highest BCUT2D eigenvalue weighted by Crippen LogP contribution is 2.21. The van der Waals surface area contributed by atoms with Crippen molar-refractivity contribution in [2.24, 2.45) is 5.92 Å². The van der Waals surface area contributed by atoms with E-state index in [4.69, 9.17) is 4.74 Å². The zero-order valence-corrected chi connectivity index (χ0v) is 11.4. The SMILES string of the molecule is BN1CCC(CCCOc2cc(F)cc(F)c2)CC1. The Balaban J connectivity index is 1.66. The summed E-state index contributed by atoms with van der Waals surface area (Å²) in [6.45, 7) is 2.86. The van der Waals surface area contributed by atoms with E-state index in [1.807, 2.05) is 0 Å². The summed E-state index contributed by atoms with van der Waals surface area (Å²) in [7, 11) is 2.15. The van der Waals surface area contributed by atoms with Gasteiger partial charge in [-0.25, -0.2) is 8.78 Å². The maximum atomic E-state index is 12.9. The van der Waals surface area contributed by atoms with Crippen molar-refractivity contribution >= 4 is 7.98 Å². The molecule has 0 unspecified atom stereocenters. The quantitative estimate of drug-likeness (QED) is 0.600. The summed E-state index contributed by atoms with van der Waals surface area (Å²) in [5, 5.41) is 0. The first-order chi connectivity index (χ1) is 9.13. The lowest BCUT2D eigenvalue weighted by Gasteiger charge is -2.29. The molecule has 0 N–H and O–H groups in total. The van der Waals surface area contributed by atoms with Gasteiger partial charge in [0.05, 0.1) is 6.61 Å². The molecule has 2 nitrogen and oxygen atoms in total. The number of piperidine rings is 1. The molecular weight excluding hydrogens is 247 g/mol. The Bertz CT molecular complexity index is 388. The highest BCUT2D eigenvalue weighted by molar-refractivity contribution is 6.04. The van der Waals surface area contributed by atoms with Gasteiger partial charge < -0.3 is 9.55 Å². The summed E-state index contributed by atoms with van der Waals surface area (Å²) in [4.78, 5) is 2.35. The van der Waals surface area contributed by atoms with Crippen molar-refractivity contribution in [3.63, 3.8) is 0 Å². The van der Waals surface area contributed by atoms with Crippen LogP contribution in [-0.2, 0) is 0 Å². The first-order valence-electron chi connectivity index (χ1n) is 6.91. The summed E-state index contributed by atoms with van der Waals surface area (Å²) >= 11 is 0. The maximum Gasteiger partial charge on any atom is 0.185 e. The molecule has 0 spiro atoms. The van der Waals surface area contributed by atoms with Gasteiger partial charge in [-0.05, 0) is 44.7 Å². The summed E-state index contributed by atoms with van der Waals surface area (Å²) in [5.74, 6) is -0.138. The number of halogens is 2. The Morgan fingerprint density at radius 2 is 1.79 bits per heavy atom. The van der Waals surface area contributed by atoms with E-state index >= 15 is 0 Å². The molecule has 0 aliphatic carbocycles. The van der Waals surface area contributed by atoms with Crippen LogP contribution in [0.15, 0.2) is 18.2 Å². The second-order valence-corrected chi connectivity index (χ2v) is 5.34. The summed E-state index contributed by atoms with van der Waals surface area (Å²) < 4.78 is 31.3. The number of hydrogen-bond acceptors (Lipinski definition) is 2. The smallest absolute Gasteiger partial charge is 0.185 e. The van der Waals surface area contributed by atoms with Crippen molar-refractivity contribution in [3.8, 4) is 5.75 Å². The molecule has 0 aromatic heterocycles. The van der Waals surface area contributed by atoms with Crippen LogP contribution >= 0.6 is 0 Å². The minimum absolute atomic E-state index is 0.279. The third kappa shape index (κ3) is 4.82. The predicted molar refractivity (Wildman–Crippen MR) is 73.9 cm³/mol. The van der Waals surface area contributed by atoms with E-state index in [0.29, 0.717) is 6.61 Å². The largest absolute Gasteiger partial charge is 0.493 e. The third-order valence-corrected chi connectivity index (χ3v) is 3.70. The fourth-order valence-electron chi connectivity index (χ4n) is 2.52. The van der Waals surface area contributed by atoms with Gasteiger partial charge in [0.25, 0.3) is 0 Å². The molecule has 1 aliphatic rings. The number of rotatable bonds is 5. The fourth-order valence-corrected chi connectivity index (χ4v) is 2.52. The van der Waals surface area contributed by atoms with Crippen molar-refractivity contribution in [1.82, 2.24) is 4.81 Å². The molecule has 104 valence electrons. The van der Waals surface area contributed by atoms with Gasteiger partial charge in [-0.3, -0.25) is 0 Å². The monoisotopic (exact) mass is 267 g/mol. The molecule has 1 saturated heterocycles. The maximum absolute atomic E-state index is 12.9. The Morgan fingerprint density at radius 3 is 2.42 bits per heavy atom. The molecule has 0 bridgehead atoms. The Kier molecular flexibility index (Phi) is 5.20. The number of nitrogens with zero attached hydrogens (tertiary/aromatic N) is 1. The summed E-state index contributed by atoms with van der Waals surface area (Å²) in [5.41, 5.74) is 0. The Hall–Kier alpha value is -1.10. The lowest BCUT2D eigenvalue weighted by molar-refractivity contribution is 0.241. The van der Waals surface area contributed by atoms with E-state index < -0.39 is 11.6 Å². The molecule has 1 fully saturated rings. The van der Waals surface area contributed by atoms with Crippen LogP contribution in [0, 0.1) is 17.6 Å². The minimum Gasteiger partial charge on any atom is -0.493 e. The van der Waals surface area contributed by atoms with Gasteiger partial charge in [-0.15, -0.1) is 0 Å². The van der Waals surface area contributed by atoms with Crippen molar-refractivity contribution in [1.29, 1.82) is 0 Å². The second-order valence-electron chi connectivity index (χ2n) is 5.34. The predicted octanol–water partition coefficient (Wildman–Crippen LogP) is 2.38. The Morgan fingerprint density at radius 1 is 1.16 bits per heavy atom. The molecule has 0 radical (unpaired) electrons. The molecule has 2 rings (SSSR count). The molecule has 0 atom stereocenters. The number of benzene rings is 1. The Labute approximate surface area is 114 Å². The van der Waals surface area contributed by atoms with Gasteiger partial charge in [-0.1, -0.05) is 0 Å². The van der Waals surface area contributed by atoms with Gasteiger partial charge in [0.1, 0.15) is 17.4 Å². The first-order valence-corrected chi connectivity index (χ1v) is 6.91. The van der Waals surface area contributed by atoms with Crippen molar-refractivity contribution in [2.75, 3.05) is 19.7 Å². The van der Waals surface area contributed by atoms with Crippen LogP contribution in [0.5, 0.6) is 5.75 Å². The molecule has 0 saturated carbocycles. The average Bonchev–Trinajstić information content (AvgIpc) is 2.36. The lowest BCUT2D eigenvalue weighted by Crippen LogP contribution is -2.31. The van der Waals surface area contributed by atoms with Gasteiger partial charge in [0.2, 0.25) is 0 Å². The van der Waals surface area contributed by atoms with Gasteiger partial charge in [-0.2, -0.15) is 0 Å². The third-order valence-electron chi connectivity index (χ3n) is 3.70. The van der Waals surface area contributed by atoms with Gasteiger partial charge >= 0.3 is 0 Å². The zero-order chi connectivity index (χ0) is 13.7. The minimum atomic E-state index is -0.592. The van der Waals surface area contributed by atoms with Crippen molar-refractivity contribution < 1.29 is 13.5 Å². The molecule has 1 aromatic rings. The van der Waals surface area contributed by atoms with Crippen LogP contribution in [-0.4, -0.2) is 32.5 Å². The molecule has 1 aromatic carbocycles. The highest BCUT2D eigenvalue weighted by atomic mass is 19.1. The van der Waals surface area contributed by atoms with E-state index in [1.165, 1.54) is 38.1 Å². The summed E-state index contributed by atoms with van der Waals surface area (Å²) in [6, 6.07) is 3.29. The zero-order valence-electron chi connectivity index (χ0n) is 11.4. The van der Waals surface area contributed by atoms with Crippen LogP contribution in [0.2, 0.25) is 0 Å². The molecule has 5 heteroatoms. The topological polar surface area (TPSA) is 12.5 Å². The van der Waals surface area contributed by atoms with Crippen LogP contribution in [0.1, 0.15) is 25.7 Å². The van der Waals surface area contributed by atoms with Gasteiger partial charge in [0.15, 0.2) is 7.98 Å². The van der Waals surface area contributed by atoms with Gasteiger partial charge in [0, 0.05) is 18.2 Å². The number of hydrogen-bond donors (Lipinski definition) is 0. The first kappa shape index (κ1) is 14.3.